The molecule has 0 aliphatic carbocycles. The lowest BCUT2D eigenvalue weighted by Crippen LogP contribution is -2.39. The highest BCUT2D eigenvalue weighted by atomic mass is 35.5. The van der Waals surface area contributed by atoms with Crippen LogP contribution in [0.25, 0.3) is 11.1 Å². The molecule has 0 bridgehead atoms. The SMILES string of the molecule is CN=Nc1ccc(NC(=O)C(CC2COCCO2)n2cc3c(cc2=O)-c2cc(Cl)ccc2CC(C)OC3)cc1N. The monoisotopic (exact) mass is 565 g/mol. The molecule has 2 aromatic carbocycles. The first-order chi connectivity index (χ1) is 19.3. The predicted molar refractivity (Wildman–Crippen MR) is 153 cm³/mol. The summed E-state index contributed by atoms with van der Waals surface area (Å²) in [5.41, 5.74) is 10.6. The van der Waals surface area contributed by atoms with Crippen LogP contribution >= 0.6 is 11.6 Å². The van der Waals surface area contributed by atoms with E-state index in [0.29, 0.717) is 48.3 Å². The summed E-state index contributed by atoms with van der Waals surface area (Å²) in [6.07, 6.45) is 2.25. The number of nitrogen functional groups attached to an aromatic ring is 1. The Bertz CT molecular complexity index is 1480. The molecule has 210 valence electrons. The van der Waals surface area contributed by atoms with E-state index in [4.69, 9.17) is 31.5 Å². The summed E-state index contributed by atoms with van der Waals surface area (Å²) in [7, 11) is 1.55. The van der Waals surface area contributed by atoms with Crippen molar-refractivity contribution >= 4 is 34.6 Å². The highest BCUT2D eigenvalue weighted by Gasteiger charge is 2.29. The number of hydrogen-bond donors (Lipinski definition) is 2. The number of pyridine rings is 1. The summed E-state index contributed by atoms with van der Waals surface area (Å²) >= 11 is 6.35. The van der Waals surface area contributed by atoms with E-state index in [2.05, 4.69) is 15.5 Å². The first-order valence-corrected chi connectivity index (χ1v) is 13.5. The third-order valence-electron chi connectivity index (χ3n) is 7.07. The number of ether oxygens (including phenoxy) is 3. The fourth-order valence-corrected chi connectivity index (χ4v) is 5.28. The second-order valence-electron chi connectivity index (χ2n) is 9.97. The Morgan fingerprint density at radius 1 is 1.15 bits per heavy atom. The minimum Gasteiger partial charge on any atom is -0.397 e. The van der Waals surface area contributed by atoms with Crippen molar-refractivity contribution < 1.29 is 19.0 Å². The maximum absolute atomic E-state index is 13.7. The number of amides is 1. The first-order valence-electron chi connectivity index (χ1n) is 13.2. The fourth-order valence-electron chi connectivity index (χ4n) is 5.10. The zero-order valence-electron chi connectivity index (χ0n) is 22.4. The van der Waals surface area contributed by atoms with Gasteiger partial charge in [-0.05, 0) is 60.4 Å². The standard InChI is InChI=1S/C29H32ClN5O5/c1-17-9-18-3-4-20(30)10-23(18)24-13-28(36)35(14-19(24)15-40-17)27(12-22-16-38-7-8-39-22)29(37)33-21-5-6-26(34-32-2)25(31)11-21/h3-6,10-11,13-14,17,22,27H,7-9,12,15-16,31H2,1-2H3,(H,33,37). The molecule has 1 aromatic heterocycles. The number of anilines is 2. The van der Waals surface area contributed by atoms with Gasteiger partial charge in [0, 0.05) is 42.0 Å². The normalized spacial score (nSPS) is 19.8. The molecule has 0 radical (unpaired) electrons. The highest BCUT2D eigenvalue weighted by Crippen LogP contribution is 2.34. The summed E-state index contributed by atoms with van der Waals surface area (Å²) in [4.78, 5) is 27.4. The molecular weight excluding hydrogens is 534 g/mol. The molecule has 1 saturated heterocycles. The van der Waals surface area contributed by atoms with Crippen molar-refractivity contribution in [3.8, 4) is 11.1 Å². The second kappa shape index (κ2) is 12.3. The van der Waals surface area contributed by atoms with Crippen molar-refractivity contribution in [1.29, 1.82) is 0 Å². The van der Waals surface area contributed by atoms with Crippen molar-refractivity contribution in [2.24, 2.45) is 10.2 Å². The molecule has 11 heteroatoms. The molecule has 2 aliphatic rings. The van der Waals surface area contributed by atoms with Crippen LogP contribution in [-0.4, -0.2) is 49.6 Å². The first kappa shape index (κ1) is 28.0. The number of nitrogens with zero attached hydrogens (tertiary/aromatic N) is 3. The van der Waals surface area contributed by atoms with Crippen molar-refractivity contribution in [2.45, 2.75) is 44.6 Å². The zero-order valence-corrected chi connectivity index (χ0v) is 23.2. The van der Waals surface area contributed by atoms with Gasteiger partial charge in [0.15, 0.2) is 0 Å². The molecule has 1 amide bonds. The number of carbonyl (C=O) groups is 1. The Balaban J connectivity index is 1.54. The number of nitrogens with one attached hydrogen (secondary N) is 1. The van der Waals surface area contributed by atoms with Gasteiger partial charge in [0.2, 0.25) is 5.91 Å². The molecule has 0 saturated carbocycles. The lowest BCUT2D eigenvalue weighted by Gasteiger charge is -2.29. The van der Waals surface area contributed by atoms with Gasteiger partial charge in [-0.3, -0.25) is 9.59 Å². The molecule has 3 heterocycles. The minimum atomic E-state index is -0.887. The van der Waals surface area contributed by atoms with Gasteiger partial charge in [-0.25, -0.2) is 0 Å². The van der Waals surface area contributed by atoms with Crippen molar-refractivity contribution in [1.82, 2.24) is 4.57 Å². The van der Waals surface area contributed by atoms with Gasteiger partial charge >= 0.3 is 0 Å². The van der Waals surface area contributed by atoms with Gasteiger partial charge in [0.25, 0.3) is 5.56 Å². The Labute approximate surface area is 237 Å². The number of carbonyl (C=O) groups excluding carboxylic acids is 1. The molecular formula is C29H32ClN5O5. The highest BCUT2D eigenvalue weighted by molar-refractivity contribution is 6.30. The molecule has 2 aliphatic heterocycles. The molecule has 0 spiro atoms. The van der Waals surface area contributed by atoms with Crippen LogP contribution in [0.5, 0.6) is 0 Å². The largest absolute Gasteiger partial charge is 0.397 e. The maximum Gasteiger partial charge on any atom is 0.251 e. The molecule has 3 aromatic rings. The van der Waals surface area contributed by atoms with Crippen molar-refractivity contribution in [3.63, 3.8) is 0 Å². The zero-order chi connectivity index (χ0) is 28.2. The van der Waals surface area contributed by atoms with Crippen LogP contribution in [0.1, 0.15) is 30.5 Å². The van der Waals surface area contributed by atoms with Gasteiger partial charge in [0.1, 0.15) is 11.7 Å². The molecule has 3 atom stereocenters. The van der Waals surface area contributed by atoms with Gasteiger partial charge in [0.05, 0.1) is 44.3 Å². The van der Waals surface area contributed by atoms with Crippen LogP contribution in [0.3, 0.4) is 0 Å². The smallest absolute Gasteiger partial charge is 0.251 e. The van der Waals surface area contributed by atoms with Crippen LogP contribution in [0.2, 0.25) is 5.02 Å². The van der Waals surface area contributed by atoms with E-state index in [1.165, 1.54) is 4.57 Å². The van der Waals surface area contributed by atoms with Crippen LogP contribution in [0.4, 0.5) is 17.1 Å². The van der Waals surface area contributed by atoms with E-state index in [1.54, 1.807) is 37.5 Å². The van der Waals surface area contributed by atoms with Gasteiger partial charge in [-0.2, -0.15) is 10.2 Å². The molecule has 5 rings (SSSR count). The summed E-state index contributed by atoms with van der Waals surface area (Å²) in [5.74, 6) is -0.385. The van der Waals surface area contributed by atoms with Crippen LogP contribution in [0, 0.1) is 0 Å². The van der Waals surface area contributed by atoms with Crippen LogP contribution in [-0.2, 0) is 32.0 Å². The van der Waals surface area contributed by atoms with Crippen LogP contribution in [0.15, 0.2) is 63.7 Å². The quantitative estimate of drug-likeness (QED) is 0.323. The number of benzene rings is 2. The minimum absolute atomic E-state index is 0.0407. The summed E-state index contributed by atoms with van der Waals surface area (Å²) in [5, 5.41) is 11.2. The Hall–Kier alpha value is -3.57. The Kier molecular flexibility index (Phi) is 8.60. The molecule has 1 fully saturated rings. The molecule has 40 heavy (non-hydrogen) atoms. The number of nitrogens with two attached hydrogens (primary N) is 1. The Morgan fingerprint density at radius 2 is 1.98 bits per heavy atom. The van der Waals surface area contributed by atoms with Gasteiger partial charge in [-0.1, -0.05) is 17.7 Å². The van der Waals surface area contributed by atoms with Crippen molar-refractivity contribution in [3.05, 3.63) is 75.2 Å². The predicted octanol–water partition coefficient (Wildman–Crippen LogP) is 4.91. The summed E-state index contributed by atoms with van der Waals surface area (Å²) in [6.45, 7) is 3.54. The third-order valence-corrected chi connectivity index (χ3v) is 7.30. The van der Waals surface area contributed by atoms with E-state index >= 15 is 0 Å². The number of hydrogen-bond acceptors (Lipinski definition) is 8. The van der Waals surface area contributed by atoms with E-state index < -0.39 is 6.04 Å². The molecule has 10 nitrogen and oxygen atoms in total. The number of fused-ring (bicyclic) bond motifs is 3. The van der Waals surface area contributed by atoms with E-state index in [0.717, 1.165) is 22.3 Å². The van der Waals surface area contributed by atoms with Gasteiger partial charge < -0.3 is 29.8 Å². The molecule has 3 unspecified atom stereocenters. The van der Waals surface area contributed by atoms with E-state index in [9.17, 15) is 9.59 Å². The molecule has 3 N–H and O–H groups in total. The third kappa shape index (κ3) is 6.26. The van der Waals surface area contributed by atoms with E-state index in [1.807, 2.05) is 25.1 Å². The topological polar surface area (TPSA) is 130 Å². The van der Waals surface area contributed by atoms with Gasteiger partial charge in [-0.15, -0.1) is 0 Å². The lowest BCUT2D eigenvalue weighted by molar-refractivity contribution is -0.124. The lowest BCUT2D eigenvalue weighted by atomic mass is 9.92. The number of aromatic nitrogens is 1. The number of azo groups is 1. The fraction of sp³-hybridized carbons (Fsp3) is 0.379. The second-order valence-corrected chi connectivity index (χ2v) is 10.4. The maximum atomic E-state index is 13.7. The number of rotatable bonds is 6. The average Bonchev–Trinajstić information content (AvgIpc) is 2.93. The Morgan fingerprint density at radius 3 is 2.73 bits per heavy atom. The summed E-state index contributed by atoms with van der Waals surface area (Å²) in [6, 6.07) is 11.3. The average molecular weight is 566 g/mol. The van der Waals surface area contributed by atoms with E-state index in [-0.39, 0.29) is 36.7 Å². The number of halogens is 1. The summed E-state index contributed by atoms with van der Waals surface area (Å²) < 4.78 is 19.0. The van der Waals surface area contributed by atoms with Crippen molar-refractivity contribution in [2.75, 3.05) is 37.9 Å². The van der Waals surface area contributed by atoms with Crippen LogP contribution < -0.4 is 16.6 Å².